The Balaban J connectivity index is 1.35. The minimum atomic E-state index is -0.473. The predicted octanol–water partition coefficient (Wildman–Crippen LogP) is 5.69. The predicted molar refractivity (Wildman–Crippen MR) is 125 cm³/mol. The van der Waals surface area contributed by atoms with Crippen molar-refractivity contribution in [2.75, 3.05) is 20.2 Å². The Labute approximate surface area is 189 Å². The summed E-state index contributed by atoms with van der Waals surface area (Å²) in [5.41, 5.74) is 2.58. The molecule has 0 N–H and O–H groups in total. The minimum absolute atomic E-state index is 0.0943. The fourth-order valence-electron chi connectivity index (χ4n) is 3.79. The minimum Gasteiger partial charge on any atom is -0.497 e. The molecule has 0 aliphatic carbocycles. The van der Waals surface area contributed by atoms with Gasteiger partial charge in [-0.3, -0.25) is 4.98 Å². The van der Waals surface area contributed by atoms with E-state index in [1.807, 2.05) is 57.3 Å². The van der Waals surface area contributed by atoms with Crippen LogP contribution in [-0.4, -0.2) is 47.9 Å². The van der Waals surface area contributed by atoms with Crippen LogP contribution in [0.2, 0.25) is 0 Å². The van der Waals surface area contributed by atoms with Crippen molar-refractivity contribution in [2.24, 2.45) is 0 Å². The van der Waals surface area contributed by atoms with Crippen LogP contribution in [0, 0.1) is 0 Å². The lowest BCUT2D eigenvalue weighted by atomic mass is 10.0. The topological polar surface area (TPSA) is 60.9 Å². The Morgan fingerprint density at radius 3 is 2.31 bits per heavy atom. The van der Waals surface area contributed by atoms with Crippen LogP contribution in [0.4, 0.5) is 4.79 Å². The molecule has 1 fully saturated rings. The van der Waals surface area contributed by atoms with Gasteiger partial charge in [0, 0.05) is 49.1 Å². The van der Waals surface area contributed by atoms with Crippen molar-refractivity contribution < 1.29 is 19.0 Å². The molecule has 0 atom stereocenters. The van der Waals surface area contributed by atoms with Crippen LogP contribution in [0.15, 0.2) is 54.7 Å². The number of carbonyl (C=O) groups is 1. The van der Waals surface area contributed by atoms with Gasteiger partial charge in [0.1, 0.15) is 23.2 Å². The highest BCUT2D eigenvalue weighted by atomic mass is 16.6. The molecule has 0 saturated carbocycles. The number of piperidine rings is 1. The maximum Gasteiger partial charge on any atom is 0.410 e. The number of ether oxygens (including phenoxy) is 3. The molecule has 2 aromatic carbocycles. The van der Waals surface area contributed by atoms with E-state index in [9.17, 15) is 4.79 Å². The molecule has 1 amide bonds. The van der Waals surface area contributed by atoms with Gasteiger partial charge in [-0.25, -0.2) is 4.79 Å². The van der Waals surface area contributed by atoms with Gasteiger partial charge in [-0.1, -0.05) is 12.1 Å². The van der Waals surface area contributed by atoms with Crippen molar-refractivity contribution in [3.63, 3.8) is 0 Å². The Morgan fingerprint density at radius 1 is 0.969 bits per heavy atom. The second-order valence-corrected chi connectivity index (χ2v) is 9.09. The molecule has 0 unspecified atom stereocenters. The molecule has 4 rings (SSSR count). The summed E-state index contributed by atoms with van der Waals surface area (Å²) < 4.78 is 16.9. The fourth-order valence-corrected chi connectivity index (χ4v) is 3.79. The summed E-state index contributed by atoms with van der Waals surface area (Å²) in [6.45, 7) is 6.94. The highest BCUT2D eigenvalue weighted by Crippen LogP contribution is 2.28. The van der Waals surface area contributed by atoms with Crippen LogP contribution < -0.4 is 9.47 Å². The third-order valence-corrected chi connectivity index (χ3v) is 5.48. The smallest absolute Gasteiger partial charge is 0.410 e. The molecule has 1 aromatic heterocycles. The first-order valence-corrected chi connectivity index (χ1v) is 11.0. The van der Waals surface area contributed by atoms with E-state index in [0.717, 1.165) is 46.4 Å². The molecule has 1 saturated heterocycles. The monoisotopic (exact) mass is 434 g/mol. The van der Waals surface area contributed by atoms with Gasteiger partial charge < -0.3 is 19.1 Å². The van der Waals surface area contributed by atoms with Crippen LogP contribution in [0.1, 0.15) is 33.6 Å². The molecule has 6 heteroatoms. The summed E-state index contributed by atoms with van der Waals surface area (Å²) in [5, 5.41) is 1.07. The Morgan fingerprint density at radius 2 is 1.66 bits per heavy atom. The van der Waals surface area contributed by atoms with Gasteiger partial charge in [-0.2, -0.15) is 0 Å². The highest BCUT2D eigenvalue weighted by Gasteiger charge is 2.27. The van der Waals surface area contributed by atoms with Crippen molar-refractivity contribution in [3.8, 4) is 22.6 Å². The first-order chi connectivity index (χ1) is 15.3. The summed E-state index contributed by atoms with van der Waals surface area (Å²) in [7, 11) is 1.66. The molecule has 6 nitrogen and oxygen atoms in total. The van der Waals surface area contributed by atoms with E-state index < -0.39 is 5.60 Å². The molecular weight excluding hydrogens is 404 g/mol. The van der Waals surface area contributed by atoms with Gasteiger partial charge in [0.25, 0.3) is 0 Å². The number of amides is 1. The first kappa shape index (κ1) is 21.9. The van der Waals surface area contributed by atoms with Crippen molar-refractivity contribution in [1.29, 1.82) is 0 Å². The second kappa shape index (κ2) is 9.07. The lowest BCUT2D eigenvalue weighted by Crippen LogP contribution is -2.44. The number of carbonyl (C=O) groups excluding carboxylic acids is 1. The van der Waals surface area contributed by atoms with E-state index in [1.54, 1.807) is 12.0 Å². The number of hydrogen-bond donors (Lipinski definition) is 0. The van der Waals surface area contributed by atoms with E-state index in [1.165, 1.54) is 0 Å². The molecule has 32 heavy (non-hydrogen) atoms. The number of rotatable bonds is 4. The molecule has 0 spiro atoms. The van der Waals surface area contributed by atoms with Crippen LogP contribution in [0.5, 0.6) is 11.5 Å². The van der Waals surface area contributed by atoms with Gasteiger partial charge in [0.05, 0.1) is 12.6 Å². The van der Waals surface area contributed by atoms with E-state index in [0.29, 0.717) is 13.1 Å². The normalized spacial score (nSPS) is 14.9. The Bertz CT molecular complexity index is 1080. The largest absolute Gasteiger partial charge is 0.497 e. The van der Waals surface area contributed by atoms with Crippen LogP contribution in [-0.2, 0) is 4.74 Å². The SMILES string of the molecule is COc1ccc2cc(-c3ccc(OC4CCN(C(=O)OC(C)(C)C)CC4)cc3)cnc2c1. The van der Waals surface area contributed by atoms with E-state index >= 15 is 0 Å². The molecule has 2 heterocycles. The first-order valence-electron chi connectivity index (χ1n) is 11.0. The fraction of sp³-hybridized carbons (Fsp3) is 0.385. The number of hydrogen-bond acceptors (Lipinski definition) is 5. The van der Waals surface area contributed by atoms with Gasteiger partial charge in [0.2, 0.25) is 0 Å². The molecule has 168 valence electrons. The highest BCUT2D eigenvalue weighted by molar-refractivity contribution is 5.84. The zero-order chi connectivity index (χ0) is 22.7. The number of benzene rings is 2. The summed E-state index contributed by atoms with van der Waals surface area (Å²) in [6, 6.07) is 16.1. The number of fused-ring (bicyclic) bond motifs is 1. The van der Waals surface area contributed by atoms with Gasteiger partial charge in [-0.15, -0.1) is 0 Å². The lowest BCUT2D eigenvalue weighted by Gasteiger charge is -2.33. The number of nitrogens with zero attached hydrogens (tertiary/aromatic N) is 2. The number of aromatic nitrogens is 1. The Kier molecular flexibility index (Phi) is 6.21. The summed E-state index contributed by atoms with van der Waals surface area (Å²) >= 11 is 0. The summed E-state index contributed by atoms with van der Waals surface area (Å²) in [4.78, 5) is 18.5. The maximum absolute atomic E-state index is 12.2. The molecule has 1 aliphatic rings. The summed E-state index contributed by atoms with van der Waals surface area (Å²) in [5.74, 6) is 1.64. The van der Waals surface area contributed by atoms with Gasteiger partial charge in [0.15, 0.2) is 0 Å². The maximum atomic E-state index is 12.2. The van der Waals surface area contributed by atoms with Crippen molar-refractivity contribution in [2.45, 2.75) is 45.3 Å². The van der Waals surface area contributed by atoms with Crippen molar-refractivity contribution in [1.82, 2.24) is 9.88 Å². The molecule has 3 aromatic rings. The number of pyridine rings is 1. The molecule has 1 aliphatic heterocycles. The van der Waals surface area contributed by atoms with Crippen LogP contribution in [0.25, 0.3) is 22.0 Å². The molecule has 0 bridgehead atoms. The van der Waals surface area contributed by atoms with Gasteiger partial charge >= 0.3 is 6.09 Å². The van der Waals surface area contributed by atoms with Crippen molar-refractivity contribution in [3.05, 3.63) is 54.7 Å². The average Bonchev–Trinajstić information content (AvgIpc) is 2.78. The van der Waals surface area contributed by atoms with E-state index in [-0.39, 0.29) is 12.2 Å². The number of methoxy groups -OCH3 is 1. The number of likely N-dealkylation sites (tertiary alicyclic amines) is 1. The quantitative estimate of drug-likeness (QED) is 0.528. The molecular formula is C26H30N2O4. The Hall–Kier alpha value is -3.28. The van der Waals surface area contributed by atoms with Crippen LogP contribution in [0.3, 0.4) is 0 Å². The van der Waals surface area contributed by atoms with Gasteiger partial charge in [-0.05, 0) is 56.7 Å². The van der Waals surface area contributed by atoms with E-state index in [2.05, 4.69) is 23.2 Å². The van der Waals surface area contributed by atoms with Crippen LogP contribution >= 0.6 is 0 Å². The van der Waals surface area contributed by atoms with E-state index in [4.69, 9.17) is 14.2 Å². The van der Waals surface area contributed by atoms with Crippen molar-refractivity contribution >= 4 is 17.0 Å². The summed E-state index contributed by atoms with van der Waals surface area (Å²) in [6.07, 6.45) is 3.31. The second-order valence-electron chi connectivity index (χ2n) is 9.09. The lowest BCUT2D eigenvalue weighted by molar-refractivity contribution is 0.0126. The average molecular weight is 435 g/mol. The standard InChI is InChI=1S/C26H30N2O4/c1-26(2,3)32-25(29)28-13-11-22(12-14-28)31-21-8-5-18(6-9-21)20-15-19-7-10-23(30-4)16-24(19)27-17-20/h5-10,15-17,22H,11-14H2,1-4H3. The zero-order valence-corrected chi connectivity index (χ0v) is 19.1. The third kappa shape index (κ3) is 5.31. The zero-order valence-electron chi connectivity index (χ0n) is 19.1. The third-order valence-electron chi connectivity index (χ3n) is 5.48. The molecule has 0 radical (unpaired) electrons.